The molecule has 2 aromatic carbocycles. The molecule has 0 saturated carbocycles. The van der Waals surface area contributed by atoms with Crippen molar-refractivity contribution in [2.24, 2.45) is 0 Å². The number of carbonyl (C=O) groups is 2. The van der Waals surface area contributed by atoms with Crippen LogP contribution in [0.2, 0.25) is 0 Å². The summed E-state index contributed by atoms with van der Waals surface area (Å²) in [5.41, 5.74) is 0.893. The molecule has 4 N–H and O–H groups in total. The number of carboxylic acid groups (broad SMARTS) is 2. The summed E-state index contributed by atoms with van der Waals surface area (Å²) in [7, 11) is -3.69. The molecule has 0 saturated heterocycles. The molecule has 1 atom stereocenters. The average molecular weight is 578 g/mol. The number of hydrogen-bond donors (Lipinski definition) is 4. The van der Waals surface area contributed by atoms with Crippen molar-refractivity contribution in [1.29, 1.82) is 0 Å². The van der Waals surface area contributed by atoms with Crippen LogP contribution in [-0.2, 0) is 30.3 Å². The summed E-state index contributed by atoms with van der Waals surface area (Å²) in [6, 6.07) is 12.2. The number of carboxylic acids is 2. The Balaban J connectivity index is 0.000000869. The number of ether oxygens (including phenoxy) is 1. The number of aliphatic hydroxyl groups is 1. The van der Waals surface area contributed by atoms with Crippen LogP contribution in [0.3, 0.4) is 0 Å². The van der Waals surface area contributed by atoms with Gasteiger partial charge in [0.25, 0.3) is 0 Å². The zero-order valence-corrected chi connectivity index (χ0v) is 25.4. The van der Waals surface area contributed by atoms with Crippen molar-refractivity contribution >= 4 is 21.8 Å². The van der Waals surface area contributed by atoms with Gasteiger partial charge in [0.1, 0.15) is 18.5 Å². The lowest BCUT2D eigenvalue weighted by atomic mass is 9.79. The smallest absolute Gasteiger partial charge is 0.328 e. The molecule has 0 radical (unpaired) electrons. The predicted octanol–water partition coefficient (Wildman–Crippen LogP) is 4.56. The van der Waals surface area contributed by atoms with E-state index in [1.165, 1.54) is 0 Å². The first-order valence-electron chi connectivity index (χ1n) is 12.9. The van der Waals surface area contributed by atoms with E-state index in [0.29, 0.717) is 24.4 Å². The highest BCUT2D eigenvalue weighted by molar-refractivity contribution is 7.91. The van der Waals surface area contributed by atoms with Crippen molar-refractivity contribution in [3.05, 3.63) is 65.7 Å². The van der Waals surface area contributed by atoms with E-state index in [9.17, 15) is 23.1 Å². The van der Waals surface area contributed by atoms with Gasteiger partial charge in [-0.3, -0.25) is 0 Å². The van der Waals surface area contributed by atoms with E-state index in [2.05, 4.69) is 5.32 Å². The van der Waals surface area contributed by atoms with Crippen LogP contribution < -0.4 is 10.1 Å². The predicted molar refractivity (Wildman–Crippen MR) is 155 cm³/mol. The van der Waals surface area contributed by atoms with Gasteiger partial charge in [0.2, 0.25) is 9.84 Å². The molecule has 0 spiro atoms. The largest absolute Gasteiger partial charge is 0.490 e. The molecule has 0 aromatic heterocycles. The molecule has 0 amide bonds. The van der Waals surface area contributed by atoms with Gasteiger partial charge < -0.3 is 25.4 Å². The van der Waals surface area contributed by atoms with Crippen molar-refractivity contribution in [1.82, 2.24) is 5.32 Å². The lowest BCUT2D eigenvalue weighted by Crippen LogP contribution is -2.35. The van der Waals surface area contributed by atoms with Crippen LogP contribution in [0, 0.1) is 0 Å². The van der Waals surface area contributed by atoms with E-state index >= 15 is 0 Å². The van der Waals surface area contributed by atoms with Gasteiger partial charge >= 0.3 is 11.9 Å². The highest BCUT2D eigenvalue weighted by atomic mass is 32.2. The van der Waals surface area contributed by atoms with Crippen LogP contribution in [0.5, 0.6) is 5.75 Å². The maximum Gasteiger partial charge on any atom is 0.328 e. The Morgan fingerprint density at radius 3 is 1.70 bits per heavy atom. The molecule has 0 heterocycles. The Kier molecular flexibility index (Phi) is 12.6. The first kappa shape index (κ1) is 34.8. The lowest BCUT2D eigenvalue weighted by molar-refractivity contribution is -0.134. The van der Waals surface area contributed by atoms with Crippen LogP contribution >= 0.6 is 0 Å². The maximum absolute atomic E-state index is 13.4. The standard InChI is InChI=1S/C26H39NO4S.C4H4O4/c1-18(2)27-16-19(28)17-31-24-22(25(3,4)5)14-21(15-23(24)26(6,7)8)32(29,30)20-12-10-9-11-13-20;5-3(6)1-2-4(7)8/h9-15,18-19,27-28H,16-17H2,1-8H3;1-2H,(H,5,6)(H,7,8)/b;2-1-. The molecule has 40 heavy (non-hydrogen) atoms. The van der Waals surface area contributed by atoms with E-state index in [-0.39, 0.29) is 33.3 Å². The number of hydrogen-bond acceptors (Lipinski definition) is 7. The summed E-state index contributed by atoms with van der Waals surface area (Å²) in [5, 5.41) is 29.2. The third-order valence-corrected chi connectivity index (χ3v) is 7.34. The van der Waals surface area contributed by atoms with E-state index in [0.717, 1.165) is 11.1 Å². The second kappa shape index (κ2) is 14.4. The molecule has 0 bridgehead atoms. The summed E-state index contributed by atoms with van der Waals surface area (Å²) in [5.74, 6) is -1.86. The van der Waals surface area contributed by atoms with Gasteiger partial charge in [0, 0.05) is 35.9 Å². The number of nitrogens with one attached hydrogen (secondary N) is 1. The molecule has 222 valence electrons. The van der Waals surface area contributed by atoms with Crippen LogP contribution in [0.15, 0.2) is 64.4 Å². The Bertz CT molecular complexity index is 1220. The number of sulfone groups is 1. The summed E-state index contributed by atoms with van der Waals surface area (Å²) < 4.78 is 33.1. The van der Waals surface area contributed by atoms with Gasteiger partial charge in [0.05, 0.1) is 9.79 Å². The Morgan fingerprint density at radius 1 is 0.875 bits per heavy atom. The lowest BCUT2D eigenvalue weighted by Gasteiger charge is -2.31. The van der Waals surface area contributed by atoms with Gasteiger partial charge in [-0.2, -0.15) is 0 Å². The fourth-order valence-electron chi connectivity index (χ4n) is 3.52. The van der Waals surface area contributed by atoms with E-state index in [4.69, 9.17) is 14.9 Å². The number of aliphatic hydroxyl groups excluding tert-OH is 1. The fourth-order valence-corrected chi connectivity index (χ4v) is 4.85. The van der Waals surface area contributed by atoms with Gasteiger partial charge in [-0.05, 0) is 35.1 Å². The Hall–Kier alpha value is -3.21. The van der Waals surface area contributed by atoms with Crippen molar-refractivity contribution in [3.63, 3.8) is 0 Å². The Labute approximate surface area is 237 Å². The molecule has 0 aliphatic rings. The summed E-state index contributed by atoms with van der Waals surface area (Å²) >= 11 is 0. The molecular weight excluding hydrogens is 534 g/mol. The molecule has 2 aromatic rings. The van der Waals surface area contributed by atoms with E-state index in [1.54, 1.807) is 42.5 Å². The minimum absolute atomic E-state index is 0.122. The quantitative estimate of drug-likeness (QED) is 0.298. The zero-order valence-electron chi connectivity index (χ0n) is 24.6. The number of aliphatic carboxylic acids is 2. The minimum atomic E-state index is -3.69. The third-order valence-electron chi connectivity index (χ3n) is 5.59. The van der Waals surface area contributed by atoms with Crippen LogP contribution in [-0.4, -0.2) is 61.0 Å². The molecule has 0 aliphatic carbocycles. The Morgan fingerprint density at radius 2 is 1.32 bits per heavy atom. The van der Waals surface area contributed by atoms with Crippen molar-refractivity contribution < 1.29 is 38.1 Å². The van der Waals surface area contributed by atoms with Gasteiger partial charge in [-0.1, -0.05) is 73.6 Å². The molecule has 0 aliphatic heterocycles. The van der Waals surface area contributed by atoms with Crippen LogP contribution in [0.1, 0.15) is 66.5 Å². The zero-order chi connectivity index (χ0) is 30.9. The topological polar surface area (TPSA) is 150 Å². The maximum atomic E-state index is 13.4. The number of benzene rings is 2. The highest BCUT2D eigenvalue weighted by Gasteiger charge is 2.31. The summed E-state index contributed by atoms with van der Waals surface area (Å²) in [6.45, 7) is 16.8. The van der Waals surface area contributed by atoms with Gasteiger partial charge in [-0.15, -0.1) is 0 Å². The highest BCUT2D eigenvalue weighted by Crippen LogP contribution is 2.42. The fraction of sp³-hybridized carbons (Fsp3) is 0.467. The second-order valence-corrected chi connectivity index (χ2v) is 13.7. The summed E-state index contributed by atoms with van der Waals surface area (Å²) in [6.07, 6.45) is 0.441. The normalized spacial score (nSPS) is 13.1. The molecule has 9 nitrogen and oxygen atoms in total. The van der Waals surface area contributed by atoms with Crippen molar-refractivity contribution in [2.45, 2.75) is 88.2 Å². The van der Waals surface area contributed by atoms with E-state index < -0.39 is 27.9 Å². The third kappa shape index (κ3) is 11.1. The first-order chi connectivity index (χ1) is 18.3. The number of rotatable bonds is 10. The van der Waals surface area contributed by atoms with Crippen LogP contribution in [0.4, 0.5) is 0 Å². The first-order valence-corrected chi connectivity index (χ1v) is 14.4. The minimum Gasteiger partial charge on any atom is -0.490 e. The van der Waals surface area contributed by atoms with Gasteiger partial charge in [-0.25, -0.2) is 18.0 Å². The SMILES string of the molecule is CC(C)NCC(O)COc1c(C(C)(C)C)cc(S(=O)(=O)c2ccccc2)cc1C(C)(C)C.O=C(O)/C=C\C(=O)O. The molecule has 10 heteroatoms. The monoisotopic (exact) mass is 577 g/mol. The second-order valence-electron chi connectivity index (χ2n) is 11.7. The van der Waals surface area contributed by atoms with Crippen molar-refractivity contribution in [3.8, 4) is 5.75 Å². The van der Waals surface area contributed by atoms with Crippen LogP contribution in [0.25, 0.3) is 0 Å². The average Bonchev–Trinajstić information content (AvgIpc) is 2.84. The molecular formula is C30H43NO8S. The summed E-state index contributed by atoms with van der Waals surface area (Å²) in [4.78, 5) is 19.6. The van der Waals surface area contributed by atoms with Gasteiger partial charge in [0.15, 0.2) is 0 Å². The molecule has 2 rings (SSSR count). The van der Waals surface area contributed by atoms with Crippen molar-refractivity contribution in [2.75, 3.05) is 13.2 Å². The van der Waals surface area contributed by atoms with E-state index in [1.807, 2.05) is 55.4 Å². The molecule has 0 fully saturated rings. The molecule has 1 unspecified atom stereocenters.